The molecule has 1 aliphatic rings. The topological polar surface area (TPSA) is 102 Å². The molecule has 0 aromatic carbocycles. The molecule has 0 aliphatic carbocycles. The Morgan fingerprint density at radius 2 is 2.17 bits per heavy atom. The average molecular weight is 324 g/mol. The van der Waals surface area contributed by atoms with Gasteiger partial charge in [-0.3, -0.25) is 19.6 Å². The monoisotopic (exact) mass is 324 g/mol. The van der Waals surface area contributed by atoms with E-state index in [2.05, 4.69) is 5.10 Å². The van der Waals surface area contributed by atoms with E-state index in [1.54, 1.807) is 18.7 Å². The van der Waals surface area contributed by atoms with Crippen LogP contribution in [0.15, 0.2) is 0 Å². The van der Waals surface area contributed by atoms with Crippen LogP contribution in [0.2, 0.25) is 0 Å². The van der Waals surface area contributed by atoms with Gasteiger partial charge < -0.3 is 10.0 Å². The quantitative estimate of drug-likeness (QED) is 0.652. The molecule has 8 heteroatoms. The van der Waals surface area contributed by atoms with Gasteiger partial charge in [0, 0.05) is 13.0 Å². The van der Waals surface area contributed by atoms with Crippen molar-refractivity contribution >= 4 is 11.6 Å². The predicted octanol–water partition coefficient (Wildman–Crippen LogP) is 1.42. The molecule has 2 rings (SSSR count). The lowest BCUT2D eigenvalue weighted by Crippen LogP contribution is -2.49. The second kappa shape index (κ2) is 7.08. The fourth-order valence-corrected chi connectivity index (χ4v) is 3.35. The largest absolute Gasteiger partial charge is 0.394 e. The van der Waals surface area contributed by atoms with Crippen LogP contribution < -0.4 is 0 Å². The van der Waals surface area contributed by atoms with E-state index in [1.165, 1.54) is 4.68 Å². The number of carbonyl (C=O) groups is 1. The summed E-state index contributed by atoms with van der Waals surface area (Å²) in [5.41, 5.74) is 0.836. The Labute approximate surface area is 135 Å². The van der Waals surface area contributed by atoms with E-state index < -0.39 is 4.92 Å². The number of hydrogen-bond acceptors (Lipinski definition) is 5. The highest BCUT2D eigenvalue weighted by Crippen LogP contribution is 2.25. The molecule has 0 bridgehead atoms. The van der Waals surface area contributed by atoms with E-state index in [0.717, 1.165) is 12.8 Å². The summed E-state index contributed by atoms with van der Waals surface area (Å²) in [7, 11) is 0. The summed E-state index contributed by atoms with van der Waals surface area (Å²) in [4.78, 5) is 24.8. The maximum Gasteiger partial charge on any atom is 0.312 e. The third-order valence-electron chi connectivity index (χ3n) is 4.69. The normalized spacial score (nSPS) is 21.5. The van der Waals surface area contributed by atoms with Gasteiger partial charge in [0.2, 0.25) is 5.91 Å². The molecule has 1 N–H and O–H groups in total. The van der Waals surface area contributed by atoms with Gasteiger partial charge in [-0.25, -0.2) is 0 Å². The molecule has 1 aromatic rings. The van der Waals surface area contributed by atoms with Gasteiger partial charge in [-0.1, -0.05) is 6.92 Å². The van der Waals surface area contributed by atoms with Crippen LogP contribution in [-0.4, -0.2) is 49.8 Å². The summed E-state index contributed by atoms with van der Waals surface area (Å²) in [6.07, 6.45) is 2.18. The van der Waals surface area contributed by atoms with Crippen molar-refractivity contribution < 1.29 is 14.8 Å². The zero-order chi connectivity index (χ0) is 17.1. The first-order valence-electron chi connectivity index (χ1n) is 7.95. The minimum absolute atomic E-state index is 0.0114. The van der Waals surface area contributed by atoms with Crippen molar-refractivity contribution in [1.82, 2.24) is 14.7 Å². The Morgan fingerprint density at radius 1 is 1.48 bits per heavy atom. The number of hydrogen-bond donors (Lipinski definition) is 1. The van der Waals surface area contributed by atoms with Crippen LogP contribution in [0.5, 0.6) is 0 Å². The lowest BCUT2D eigenvalue weighted by atomic mass is 9.91. The summed E-state index contributed by atoms with van der Waals surface area (Å²) < 4.78 is 1.52. The van der Waals surface area contributed by atoms with Gasteiger partial charge >= 0.3 is 5.69 Å². The van der Waals surface area contributed by atoms with Crippen LogP contribution in [0.3, 0.4) is 0 Å². The molecule has 1 aliphatic heterocycles. The molecular formula is C15H24N4O4. The van der Waals surface area contributed by atoms with E-state index in [4.69, 9.17) is 0 Å². The van der Waals surface area contributed by atoms with Crippen molar-refractivity contribution in [2.24, 2.45) is 5.92 Å². The minimum atomic E-state index is -0.440. The third-order valence-corrected chi connectivity index (χ3v) is 4.69. The molecule has 128 valence electrons. The van der Waals surface area contributed by atoms with E-state index in [-0.39, 0.29) is 36.6 Å². The third kappa shape index (κ3) is 3.52. The van der Waals surface area contributed by atoms with Gasteiger partial charge in [0.15, 0.2) is 0 Å². The number of amides is 1. The molecule has 2 heterocycles. The van der Waals surface area contributed by atoms with Crippen molar-refractivity contribution in [2.45, 2.75) is 52.6 Å². The number of aryl methyl sites for hydroxylation is 2. The number of piperidine rings is 1. The molecule has 8 nitrogen and oxygen atoms in total. The number of carbonyl (C=O) groups excluding carboxylic acids is 1. The Balaban J connectivity index is 2.04. The van der Waals surface area contributed by atoms with Gasteiger partial charge in [0.1, 0.15) is 11.4 Å². The summed E-state index contributed by atoms with van der Waals surface area (Å²) in [6, 6.07) is -0.133. The van der Waals surface area contributed by atoms with Gasteiger partial charge in [-0.15, -0.1) is 0 Å². The first-order valence-corrected chi connectivity index (χ1v) is 7.95. The maximum atomic E-state index is 12.5. The fourth-order valence-electron chi connectivity index (χ4n) is 3.35. The minimum Gasteiger partial charge on any atom is -0.394 e. The standard InChI is InChI=1S/C15H24N4O4/c1-10-5-4-7-17(13(10)9-20)14(21)6-8-18-12(3)15(19(22)23)11(2)16-18/h10,13,20H,4-9H2,1-3H3. The molecule has 0 radical (unpaired) electrons. The lowest BCUT2D eigenvalue weighted by Gasteiger charge is -2.39. The Bertz CT molecular complexity index is 599. The number of likely N-dealkylation sites (tertiary alicyclic amines) is 1. The predicted molar refractivity (Wildman–Crippen MR) is 84.0 cm³/mol. The number of aliphatic hydroxyl groups excluding tert-OH is 1. The molecular weight excluding hydrogens is 300 g/mol. The van der Waals surface area contributed by atoms with Crippen LogP contribution in [0.1, 0.15) is 37.6 Å². The summed E-state index contributed by atoms with van der Waals surface area (Å²) in [5, 5.41) is 24.7. The van der Waals surface area contributed by atoms with Gasteiger partial charge in [0.25, 0.3) is 0 Å². The Hall–Kier alpha value is -1.96. The second-order valence-electron chi connectivity index (χ2n) is 6.21. The van der Waals surface area contributed by atoms with Crippen molar-refractivity contribution in [3.05, 3.63) is 21.5 Å². The SMILES string of the molecule is Cc1nn(CCC(=O)N2CCCC(C)C2CO)c(C)c1[N+](=O)[O-]. The smallest absolute Gasteiger partial charge is 0.312 e. The molecule has 0 saturated carbocycles. The molecule has 23 heavy (non-hydrogen) atoms. The van der Waals surface area contributed by atoms with Crippen LogP contribution in [0, 0.1) is 29.9 Å². The molecule has 2 unspecified atom stereocenters. The molecule has 0 spiro atoms. The summed E-state index contributed by atoms with van der Waals surface area (Å²) >= 11 is 0. The second-order valence-corrected chi connectivity index (χ2v) is 6.21. The number of aliphatic hydroxyl groups is 1. The molecule has 1 saturated heterocycles. The molecule has 2 atom stereocenters. The average Bonchev–Trinajstić information content (AvgIpc) is 2.78. The fraction of sp³-hybridized carbons (Fsp3) is 0.733. The van der Waals surface area contributed by atoms with Crippen LogP contribution in [-0.2, 0) is 11.3 Å². The zero-order valence-corrected chi connectivity index (χ0v) is 13.9. The van der Waals surface area contributed by atoms with Crippen molar-refractivity contribution in [2.75, 3.05) is 13.2 Å². The van der Waals surface area contributed by atoms with E-state index in [1.807, 2.05) is 6.92 Å². The number of rotatable bonds is 5. The van der Waals surface area contributed by atoms with Gasteiger partial charge in [-0.2, -0.15) is 5.10 Å². The Morgan fingerprint density at radius 3 is 2.74 bits per heavy atom. The maximum absolute atomic E-state index is 12.5. The number of aromatic nitrogens is 2. The highest BCUT2D eigenvalue weighted by molar-refractivity contribution is 5.76. The van der Waals surface area contributed by atoms with E-state index in [9.17, 15) is 20.0 Å². The van der Waals surface area contributed by atoms with Crippen LogP contribution >= 0.6 is 0 Å². The summed E-state index contributed by atoms with van der Waals surface area (Å²) in [5.74, 6) is 0.248. The molecule has 1 fully saturated rings. The highest BCUT2D eigenvalue weighted by atomic mass is 16.6. The summed E-state index contributed by atoms with van der Waals surface area (Å²) in [6.45, 7) is 6.22. The number of nitrogens with zero attached hydrogens (tertiary/aromatic N) is 4. The Kier molecular flexibility index (Phi) is 5.35. The van der Waals surface area contributed by atoms with E-state index in [0.29, 0.717) is 24.5 Å². The van der Waals surface area contributed by atoms with Gasteiger partial charge in [-0.05, 0) is 32.6 Å². The van der Waals surface area contributed by atoms with Crippen LogP contribution in [0.25, 0.3) is 0 Å². The van der Waals surface area contributed by atoms with Gasteiger partial charge in [0.05, 0.1) is 24.1 Å². The van der Waals surface area contributed by atoms with Crippen molar-refractivity contribution in [3.63, 3.8) is 0 Å². The highest BCUT2D eigenvalue weighted by Gasteiger charge is 2.31. The molecule has 1 aromatic heterocycles. The number of nitro groups is 1. The van der Waals surface area contributed by atoms with E-state index >= 15 is 0 Å². The first kappa shape index (κ1) is 17.4. The lowest BCUT2D eigenvalue weighted by molar-refractivity contribution is -0.386. The van der Waals surface area contributed by atoms with Crippen molar-refractivity contribution in [3.8, 4) is 0 Å². The van der Waals surface area contributed by atoms with Crippen LogP contribution in [0.4, 0.5) is 5.69 Å². The first-order chi connectivity index (χ1) is 10.9. The van der Waals surface area contributed by atoms with Crippen molar-refractivity contribution in [1.29, 1.82) is 0 Å². The zero-order valence-electron chi connectivity index (χ0n) is 13.9. The molecule has 1 amide bonds.